The van der Waals surface area contributed by atoms with Gasteiger partial charge in [-0.3, -0.25) is 4.79 Å². The van der Waals surface area contributed by atoms with E-state index in [0.717, 1.165) is 11.1 Å². The van der Waals surface area contributed by atoms with E-state index < -0.39 is 6.10 Å². The third-order valence-electron chi connectivity index (χ3n) is 3.91. The molecule has 2 aromatic heterocycles. The summed E-state index contributed by atoms with van der Waals surface area (Å²) in [6.45, 7) is 0.465. The molecule has 0 fully saturated rings. The smallest absolute Gasteiger partial charge is 0.272 e. The SMILES string of the molecule is CN(CC[C@@H](O)c1ccccc1)C(=O)c1cccc2ccnn12. The highest BCUT2D eigenvalue weighted by molar-refractivity contribution is 5.93. The van der Waals surface area contributed by atoms with Crippen LogP contribution < -0.4 is 0 Å². The van der Waals surface area contributed by atoms with E-state index in [2.05, 4.69) is 5.10 Å². The molecule has 3 rings (SSSR count). The molecule has 5 heteroatoms. The van der Waals surface area contributed by atoms with Crippen LogP contribution in [0.5, 0.6) is 0 Å². The van der Waals surface area contributed by atoms with E-state index in [1.807, 2.05) is 48.5 Å². The normalized spacial score (nSPS) is 12.3. The van der Waals surface area contributed by atoms with Crippen LogP contribution in [-0.2, 0) is 0 Å². The summed E-state index contributed by atoms with van der Waals surface area (Å²) >= 11 is 0. The average Bonchev–Trinajstić information content (AvgIpc) is 3.08. The molecule has 0 radical (unpaired) electrons. The van der Waals surface area contributed by atoms with Gasteiger partial charge in [-0.1, -0.05) is 36.4 Å². The lowest BCUT2D eigenvalue weighted by Gasteiger charge is -2.20. The molecule has 0 spiro atoms. The number of carbonyl (C=O) groups excluding carboxylic acids is 1. The van der Waals surface area contributed by atoms with Crippen LogP contribution in [0.4, 0.5) is 0 Å². The van der Waals surface area contributed by atoms with Crippen LogP contribution in [0.1, 0.15) is 28.6 Å². The van der Waals surface area contributed by atoms with Crippen molar-refractivity contribution in [3.05, 3.63) is 72.1 Å². The van der Waals surface area contributed by atoms with Crippen molar-refractivity contribution in [3.63, 3.8) is 0 Å². The van der Waals surface area contributed by atoms with Gasteiger partial charge in [0.25, 0.3) is 5.91 Å². The summed E-state index contributed by atoms with van der Waals surface area (Å²) < 4.78 is 1.63. The van der Waals surface area contributed by atoms with Crippen LogP contribution >= 0.6 is 0 Å². The van der Waals surface area contributed by atoms with E-state index in [1.165, 1.54) is 0 Å². The van der Waals surface area contributed by atoms with Gasteiger partial charge in [0, 0.05) is 13.6 Å². The number of aromatic nitrogens is 2. The van der Waals surface area contributed by atoms with Crippen molar-refractivity contribution in [1.29, 1.82) is 0 Å². The second-order valence-electron chi connectivity index (χ2n) is 5.52. The highest BCUT2D eigenvalue weighted by Crippen LogP contribution is 2.17. The van der Waals surface area contributed by atoms with Gasteiger partial charge in [-0.15, -0.1) is 0 Å². The number of fused-ring (bicyclic) bond motifs is 1. The number of hydrogen-bond donors (Lipinski definition) is 1. The van der Waals surface area contributed by atoms with Gasteiger partial charge in [0.2, 0.25) is 0 Å². The van der Waals surface area contributed by atoms with Crippen LogP contribution in [0.15, 0.2) is 60.8 Å². The molecular formula is C18H19N3O2. The molecule has 0 unspecified atom stereocenters. The number of aliphatic hydroxyl groups is 1. The molecule has 0 bridgehead atoms. The monoisotopic (exact) mass is 309 g/mol. The Morgan fingerprint density at radius 2 is 1.96 bits per heavy atom. The van der Waals surface area contributed by atoms with Crippen molar-refractivity contribution in [3.8, 4) is 0 Å². The first-order chi connectivity index (χ1) is 11.2. The minimum Gasteiger partial charge on any atom is -0.388 e. The molecule has 3 aromatic rings. The van der Waals surface area contributed by atoms with Crippen molar-refractivity contribution < 1.29 is 9.90 Å². The number of aliphatic hydroxyl groups excluding tert-OH is 1. The van der Waals surface area contributed by atoms with Crippen LogP contribution in [0.2, 0.25) is 0 Å². The van der Waals surface area contributed by atoms with Gasteiger partial charge in [-0.2, -0.15) is 5.10 Å². The molecule has 1 aromatic carbocycles. The van der Waals surface area contributed by atoms with Gasteiger partial charge >= 0.3 is 0 Å². The maximum Gasteiger partial charge on any atom is 0.272 e. The van der Waals surface area contributed by atoms with Crippen molar-refractivity contribution in [2.45, 2.75) is 12.5 Å². The third-order valence-corrected chi connectivity index (χ3v) is 3.91. The Labute approximate surface area is 134 Å². The molecule has 0 saturated carbocycles. The van der Waals surface area contributed by atoms with Crippen LogP contribution in [0.25, 0.3) is 5.52 Å². The first kappa shape index (κ1) is 15.2. The molecule has 1 amide bonds. The number of benzene rings is 1. The number of carbonyl (C=O) groups is 1. The minimum absolute atomic E-state index is 0.112. The molecule has 23 heavy (non-hydrogen) atoms. The van der Waals surface area contributed by atoms with E-state index in [-0.39, 0.29) is 5.91 Å². The summed E-state index contributed by atoms with van der Waals surface area (Å²) in [5, 5.41) is 14.4. The van der Waals surface area contributed by atoms with Crippen molar-refractivity contribution in [2.24, 2.45) is 0 Å². The Kier molecular flexibility index (Phi) is 4.39. The first-order valence-corrected chi connectivity index (χ1v) is 7.58. The molecule has 0 aliphatic rings. The summed E-state index contributed by atoms with van der Waals surface area (Å²) in [6.07, 6.45) is 1.58. The molecule has 0 aliphatic carbocycles. The second kappa shape index (κ2) is 6.62. The van der Waals surface area contributed by atoms with Gasteiger partial charge < -0.3 is 10.0 Å². The fourth-order valence-corrected chi connectivity index (χ4v) is 2.57. The number of amides is 1. The maximum atomic E-state index is 12.6. The van der Waals surface area contributed by atoms with Crippen molar-refractivity contribution in [2.75, 3.05) is 13.6 Å². The topological polar surface area (TPSA) is 57.8 Å². The molecule has 0 saturated heterocycles. The number of nitrogens with zero attached hydrogens (tertiary/aromatic N) is 3. The summed E-state index contributed by atoms with van der Waals surface area (Å²) in [4.78, 5) is 14.2. The molecular weight excluding hydrogens is 290 g/mol. The zero-order chi connectivity index (χ0) is 16.2. The summed E-state index contributed by atoms with van der Waals surface area (Å²) in [6, 6.07) is 16.8. The summed E-state index contributed by atoms with van der Waals surface area (Å²) in [5.74, 6) is -0.112. The first-order valence-electron chi connectivity index (χ1n) is 7.58. The molecule has 2 heterocycles. The highest BCUT2D eigenvalue weighted by Gasteiger charge is 2.17. The molecule has 5 nitrogen and oxygen atoms in total. The largest absolute Gasteiger partial charge is 0.388 e. The Morgan fingerprint density at radius 1 is 1.17 bits per heavy atom. The zero-order valence-electron chi connectivity index (χ0n) is 13.0. The summed E-state index contributed by atoms with van der Waals surface area (Å²) in [5.41, 5.74) is 2.26. The van der Waals surface area contributed by atoms with Crippen molar-refractivity contribution >= 4 is 11.4 Å². The molecule has 0 aliphatic heterocycles. The van der Waals surface area contributed by atoms with Crippen LogP contribution in [0.3, 0.4) is 0 Å². The quantitative estimate of drug-likeness (QED) is 0.788. The van der Waals surface area contributed by atoms with E-state index in [1.54, 1.807) is 28.7 Å². The summed E-state index contributed by atoms with van der Waals surface area (Å²) in [7, 11) is 1.74. The highest BCUT2D eigenvalue weighted by atomic mass is 16.3. The predicted octanol–water partition coefficient (Wildman–Crippen LogP) is 2.53. The molecule has 118 valence electrons. The van der Waals surface area contributed by atoms with Crippen LogP contribution in [0, 0.1) is 0 Å². The van der Waals surface area contributed by atoms with E-state index in [9.17, 15) is 9.90 Å². The zero-order valence-corrected chi connectivity index (χ0v) is 13.0. The van der Waals surface area contributed by atoms with E-state index >= 15 is 0 Å². The van der Waals surface area contributed by atoms with Crippen molar-refractivity contribution in [1.82, 2.24) is 14.5 Å². The lowest BCUT2D eigenvalue weighted by Crippen LogP contribution is -2.30. The average molecular weight is 309 g/mol. The standard InChI is InChI=1S/C18H19N3O2/c1-20(13-11-17(22)14-6-3-2-4-7-14)18(23)16-9-5-8-15-10-12-19-21(15)16/h2-10,12,17,22H,11,13H2,1H3/t17-/m1/s1. The Hall–Kier alpha value is -2.66. The lowest BCUT2D eigenvalue weighted by molar-refractivity contribution is 0.0753. The predicted molar refractivity (Wildman–Crippen MR) is 88.2 cm³/mol. The van der Waals surface area contributed by atoms with Gasteiger partial charge in [0.1, 0.15) is 5.69 Å². The van der Waals surface area contributed by atoms with Gasteiger partial charge in [-0.25, -0.2) is 4.52 Å². The van der Waals surface area contributed by atoms with Crippen LogP contribution in [-0.4, -0.2) is 39.1 Å². The van der Waals surface area contributed by atoms with E-state index in [0.29, 0.717) is 18.7 Å². The van der Waals surface area contributed by atoms with E-state index in [4.69, 9.17) is 0 Å². The minimum atomic E-state index is -0.577. The fraction of sp³-hybridized carbons (Fsp3) is 0.222. The Bertz CT molecular complexity index is 798. The lowest BCUT2D eigenvalue weighted by atomic mass is 10.1. The van der Waals surface area contributed by atoms with Gasteiger partial charge in [-0.05, 0) is 30.2 Å². The molecule has 1 N–H and O–H groups in total. The van der Waals surface area contributed by atoms with Gasteiger partial charge in [0.15, 0.2) is 0 Å². The fourth-order valence-electron chi connectivity index (χ4n) is 2.57. The number of pyridine rings is 1. The Morgan fingerprint density at radius 3 is 2.74 bits per heavy atom. The number of hydrogen-bond acceptors (Lipinski definition) is 3. The third kappa shape index (κ3) is 3.24. The molecule has 1 atom stereocenters. The van der Waals surface area contributed by atoms with Gasteiger partial charge in [0.05, 0.1) is 17.8 Å². The Balaban J connectivity index is 1.67. The maximum absolute atomic E-state index is 12.6. The number of rotatable bonds is 5. The second-order valence-corrected chi connectivity index (χ2v) is 5.52.